The second-order valence-electron chi connectivity index (χ2n) is 7.96. The van der Waals surface area contributed by atoms with Gasteiger partial charge >= 0.3 is 0 Å². The number of carbonyl (C=O) groups is 2. The van der Waals surface area contributed by atoms with Gasteiger partial charge < -0.3 is 15.2 Å². The number of amides is 2. The number of rotatable bonds is 7. The van der Waals surface area contributed by atoms with Crippen LogP contribution in [0.25, 0.3) is 0 Å². The molecule has 33 heavy (non-hydrogen) atoms. The minimum Gasteiger partial charge on any atom is -0.352 e. The van der Waals surface area contributed by atoms with Crippen LogP contribution in [0.15, 0.2) is 59.4 Å². The first kappa shape index (κ1) is 23.5. The number of anilines is 1. The summed E-state index contributed by atoms with van der Waals surface area (Å²) in [4.78, 5) is 37.3. The van der Waals surface area contributed by atoms with E-state index in [-0.39, 0.29) is 18.0 Å². The average Bonchev–Trinajstić information content (AvgIpc) is 2.78. The van der Waals surface area contributed by atoms with Gasteiger partial charge in [0, 0.05) is 23.5 Å². The fourth-order valence-corrected chi connectivity index (χ4v) is 3.49. The third-order valence-electron chi connectivity index (χ3n) is 5.37. The van der Waals surface area contributed by atoms with Crippen molar-refractivity contribution in [2.45, 2.75) is 33.7 Å². The highest BCUT2D eigenvalue weighted by Crippen LogP contribution is 2.11. The van der Waals surface area contributed by atoms with Gasteiger partial charge in [0.05, 0.1) is 0 Å². The molecule has 1 heterocycles. The van der Waals surface area contributed by atoms with E-state index < -0.39 is 11.5 Å². The molecule has 0 aliphatic heterocycles. The van der Waals surface area contributed by atoms with E-state index in [2.05, 4.69) is 10.6 Å². The molecular formula is C26H26N4O3. The Hall–Kier alpha value is -4.18. The minimum atomic E-state index is -0.484. The fraction of sp³-hybridized carbons (Fsp3) is 0.231. The van der Waals surface area contributed by atoms with Gasteiger partial charge in [-0.25, -0.2) is 0 Å². The van der Waals surface area contributed by atoms with Crippen molar-refractivity contribution in [2.75, 3.05) is 11.9 Å². The number of nitriles is 1. The summed E-state index contributed by atoms with van der Waals surface area (Å²) < 4.78 is 1.27. The number of aryl methyl sites for hydroxylation is 3. The summed E-state index contributed by atoms with van der Waals surface area (Å²) in [5.74, 6) is -0.589. The van der Waals surface area contributed by atoms with Gasteiger partial charge in [-0.3, -0.25) is 14.4 Å². The van der Waals surface area contributed by atoms with Gasteiger partial charge in [-0.05, 0) is 68.7 Å². The Bertz CT molecular complexity index is 1270. The Kier molecular flexibility index (Phi) is 7.42. The number of pyridine rings is 1. The van der Waals surface area contributed by atoms with Crippen molar-refractivity contribution in [2.24, 2.45) is 0 Å². The van der Waals surface area contributed by atoms with E-state index in [1.165, 1.54) is 10.1 Å². The lowest BCUT2D eigenvalue weighted by atomic mass is 10.1. The summed E-state index contributed by atoms with van der Waals surface area (Å²) in [5.41, 5.74) is 4.09. The first-order valence-corrected chi connectivity index (χ1v) is 10.6. The number of aromatic nitrogens is 1. The smallest absolute Gasteiger partial charge is 0.269 e. The third kappa shape index (κ3) is 5.95. The van der Waals surface area contributed by atoms with Gasteiger partial charge in [-0.15, -0.1) is 0 Å². The van der Waals surface area contributed by atoms with E-state index in [9.17, 15) is 19.6 Å². The Labute approximate surface area is 192 Å². The van der Waals surface area contributed by atoms with Crippen molar-refractivity contribution < 1.29 is 9.59 Å². The fourth-order valence-electron chi connectivity index (χ4n) is 3.49. The van der Waals surface area contributed by atoms with Crippen molar-refractivity contribution in [3.63, 3.8) is 0 Å². The molecule has 0 atom stereocenters. The maximum Gasteiger partial charge on any atom is 0.269 e. The largest absolute Gasteiger partial charge is 0.352 e. The van der Waals surface area contributed by atoms with E-state index in [4.69, 9.17) is 0 Å². The molecule has 7 nitrogen and oxygen atoms in total. The van der Waals surface area contributed by atoms with Crippen LogP contribution < -0.4 is 16.2 Å². The molecule has 0 aliphatic carbocycles. The van der Waals surface area contributed by atoms with E-state index in [1.54, 1.807) is 44.2 Å². The second-order valence-corrected chi connectivity index (χ2v) is 7.96. The number of hydrogen-bond acceptors (Lipinski definition) is 4. The highest BCUT2D eigenvalue weighted by atomic mass is 16.2. The Morgan fingerprint density at radius 2 is 1.67 bits per heavy atom. The predicted molar refractivity (Wildman–Crippen MR) is 127 cm³/mol. The zero-order chi connectivity index (χ0) is 24.0. The van der Waals surface area contributed by atoms with E-state index in [0.29, 0.717) is 29.1 Å². The Balaban J connectivity index is 1.56. The molecule has 3 aromatic rings. The highest BCUT2D eigenvalue weighted by molar-refractivity contribution is 5.95. The minimum absolute atomic E-state index is 0.0335. The van der Waals surface area contributed by atoms with Crippen molar-refractivity contribution in [1.82, 2.24) is 9.88 Å². The van der Waals surface area contributed by atoms with Gasteiger partial charge in [0.15, 0.2) is 0 Å². The topological polar surface area (TPSA) is 104 Å². The van der Waals surface area contributed by atoms with Gasteiger partial charge in [0.25, 0.3) is 11.5 Å². The van der Waals surface area contributed by atoms with Crippen LogP contribution >= 0.6 is 0 Å². The molecule has 7 heteroatoms. The van der Waals surface area contributed by atoms with Gasteiger partial charge in [0.2, 0.25) is 5.91 Å². The molecule has 2 amide bonds. The molecule has 0 bridgehead atoms. The van der Waals surface area contributed by atoms with E-state index >= 15 is 0 Å². The van der Waals surface area contributed by atoms with Gasteiger partial charge in [0.1, 0.15) is 18.2 Å². The maximum atomic E-state index is 12.5. The monoisotopic (exact) mass is 442 g/mol. The van der Waals surface area contributed by atoms with Crippen LogP contribution in [0, 0.1) is 32.1 Å². The highest BCUT2D eigenvalue weighted by Gasteiger charge is 2.13. The summed E-state index contributed by atoms with van der Waals surface area (Å²) in [6, 6.07) is 18.3. The Morgan fingerprint density at radius 3 is 2.30 bits per heavy atom. The van der Waals surface area contributed by atoms with Crippen LogP contribution in [0.2, 0.25) is 0 Å². The molecule has 3 rings (SSSR count). The van der Waals surface area contributed by atoms with Crippen molar-refractivity contribution >= 4 is 17.5 Å². The third-order valence-corrected chi connectivity index (χ3v) is 5.37. The SMILES string of the molecule is Cc1ccc(CCNC(=O)c2ccc(NC(=O)Cn3c(C)cc(C)c(C#N)c3=O)cc2)cc1. The molecule has 0 fully saturated rings. The molecule has 0 unspecified atom stereocenters. The van der Waals surface area contributed by atoms with Gasteiger partial charge in [-0.2, -0.15) is 5.26 Å². The number of benzene rings is 2. The number of hydrogen-bond donors (Lipinski definition) is 2. The number of nitrogens with one attached hydrogen (secondary N) is 2. The van der Waals surface area contributed by atoms with Crippen LogP contribution in [-0.4, -0.2) is 22.9 Å². The maximum absolute atomic E-state index is 12.5. The van der Waals surface area contributed by atoms with Gasteiger partial charge in [-0.1, -0.05) is 29.8 Å². The van der Waals surface area contributed by atoms with Crippen LogP contribution in [0.1, 0.15) is 38.3 Å². The van der Waals surface area contributed by atoms with Crippen LogP contribution in [0.4, 0.5) is 5.69 Å². The number of carbonyl (C=O) groups excluding carboxylic acids is 2. The molecular weight excluding hydrogens is 416 g/mol. The molecule has 0 aliphatic rings. The summed E-state index contributed by atoms with van der Waals surface area (Å²) in [6.07, 6.45) is 0.742. The predicted octanol–water partition coefficient (Wildman–Crippen LogP) is 3.26. The first-order chi connectivity index (χ1) is 15.8. The average molecular weight is 443 g/mol. The molecule has 0 saturated heterocycles. The number of nitrogens with zero attached hydrogens (tertiary/aromatic N) is 2. The summed E-state index contributed by atoms with van der Waals surface area (Å²) in [6.45, 7) is 5.76. The quantitative estimate of drug-likeness (QED) is 0.586. The summed E-state index contributed by atoms with van der Waals surface area (Å²) in [5, 5.41) is 14.8. The zero-order valence-electron chi connectivity index (χ0n) is 18.9. The van der Waals surface area contributed by atoms with Crippen LogP contribution in [0.3, 0.4) is 0 Å². The molecule has 2 N–H and O–H groups in total. The first-order valence-electron chi connectivity index (χ1n) is 10.6. The van der Waals surface area contributed by atoms with Crippen molar-refractivity contribution in [1.29, 1.82) is 5.26 Å². The van der Waals surface area contributed by atoms with Crippen molar-refractivity contribution in [3.8, 4) is 6.07 Å². The molecule has 1 aromatic heterocycles. The summed E-state index contributed by atoms with van der Waals surface area (Å²) in [7, 11) is 0. The normalized spacial score (nSPS) is 10.4. The molecule has 0 saturated carbocycles. The van der Waals surface area contributed by atoms with Crippen molar-refractivity contribution in [3.05, 3.63) is 98.5 Å². The summed E-state index contributed by atoms with van der Waals surface area (Å²) >= 11 is 0. The second kappa shape index (κ2) is 10.4. The zero-order valence-corrected chi connectivity index (χ0v) is 18.9. The van der Waals surface area contributed by atoms with Crippen LogP contribution in [-0.2, 0) is 17.8 Å². The molecule has 0 radical (unpaired) electrons. The Morgan fingerprint density at radius 1 is 1.00 bits per heavy atom. The lowest BCUT2D eigenvalue weighted by molar-refractivity contribution is -0.116. The van der Waals surface area contributed by atoms with E-state index in [0.717, 1.165) is 12.0 Å². The lowest BCUT2D eigenvalue weighted by Gasteiger charge is -2.12. The molecule has 0 spiro atoms. The van der Waals surface area contributed by atoms with Crippen LogP contribution in [0.5, 0.6) is 0 Å². The van der Waals surface area contributed by atoms with E-state index in [1.807, 2.05) is 37.3 Å². The molecule has 168 valence electrons. The standard InChI is InChI=1S/C26H26N4O3/c1-17-4-6-20(7-5-17)12-13-28-25(32)21-8-10-22(11-9-21)29-24(31)16-30-19(3)14-18(2)23(15-27)26(30)33/h4-11,14H,12-13,16H2,1-3H3,(H,28,32)(H,29,31). The lowest BCUT2D eigenvalue weighted by Crippen LogP contribution is -2.31. The molecule has 2 aromatic carbocycles.